The summed E-state index contributed by atoms with van der Waals surface area (Å²) in [4.78, 5) is 3.30. The molecule has 0 aliphatic heterocycles. The first-order valence-corrected chi connectivity index (χ1v) is 5.13. The number of pyridine rings is 1. The fraction of sp³-hybridized carbons (Fsp3) is 0. The average Bonchev–Trinajstić information content (AvgIpc) is 2.03. The number of hydrogen-bond donors (Lipinski definition) is 0. The quantitative estimate of drug-likeness (QED) is 0.719. The molecule has 0 aliphatic rings. The Morgan fingerprint density at radius 2 is 2.23 bits per heavy atom. The van der Waals surface area contributed by atoms with E-state index in [1.165, 1.54) is 0 Å². The molecule has 0 atom stereocenters. The molecule has 0 bridgehead atoms. The van der Waals surface area contributed by atoms with E-state index in [1.807, 2.05) is 0 Å². The van der Waals surface area contributed by atoms with E-state index in [2.05, 4.69) is 20.9 Å². The number of halogens is 2. The molecule has 0 saturated carbocycles. The summed E-state index contributed by atoms with van der Waals surface area (Å²) in [5.41, 5.74) is 0.0197. The van der Waals surface area contributed by atoms with Crippen molar-refractivity contribution in [2.75, 3.05) is 0 Å². The summed E-state index contributed by atoms with van der Waals surface area (Å²) in [5.74, 6) is 0. The predicted molar refractivity (Wildman–Crippen MR) is 44.9 cm³/mol. The normalized spacial score (nSPS) is 10.8. The minimum absolute atomic E-state index is 0.0197. The van der Waals surface area contributed by atoms with Crippen molar-refractivity contribution in [3.05, 3.63) is 22.3 Å². The molecule has 0 radical (unpaired) electrons. The largest absolute Gasteiger partial charge is 0.349 e. The molecule has 4 nitrogen and oxygen atoms in total. The van der Waals surface area contributed by atoms with Crippen LogP contribution in [0.15, 0.2) is 21.8 Å². The number of aromatic nitrogens is 1. The maximum atomic E-state index is 12.4. The van der Waals surface area contributed by atoms with Crippen molar-refractivity contribution in [2.24, 2.45) is 0 Å². The number of rotatable bonds is 1. The van der Waals surface area contributed by atoms with Crippen molar-refractivity contribution < 1.29 is 12.3 Å². The molecule has 0 fully saturated rings. The first kappa shape index (κ1) is 10.1. The highest BCUT2D eigenvalue weighted by atomic mass is 79.9. The number of hydrogen-bond acceptors (Lipinski definition) is 4. The van der Waals surface area contributed by atoms with Gasteiger partial charge in [0.25, 0.3) is 0 Å². The van der Waals surface area contributed by atoms with Crippen molar-refractivity contribution in [2.45, 2.75) is 5.03 Å². The highest BCUT2D eigenvalue weighted by molar-refractivity contribution is 9.10. The van der Waals surface area contributed by atoms with Gasteiger partial charge in [-0.15, -0.1) is 0 Å². The van der Waals surface area contributed by atoms with Gasteiger partial charge in [-0.2, -0.15) is 13.7 Å². The minimum atomic E-state index is -4.84. The zero-order chi connectivity index (χ0) is 10.1. The summed E-state index contributed by atoms with van der Waals surface area (Å²) in [6.07, 6.45) is 1.06. The molecule has 0 amide bonds. The smallest absolute Gasteiger partial charge is 0.241 e. The van der Waals surface area contributed by atoms with E-state index in [0.29, 0.717) is 4.47 Å². The molecule has 7 heteroatoms. The van der Waals surface area contributed by atoms with Crippen LogP contribution in [0.4, 0.5) is 3.89 Å². The van der Waals surface area contributed by atoms with Crippen molar-refractivity contribution >= 4 is 26.2 Å². The van der Waals surface area contributed by atoms with Gasteiger partial charge in [0.05, 0.1) is 10.0 Å². The minimum Gasteiger partial charge on any atom is -0.241 e. The zero-order valence-corrected chi connectivity index (χ0v) is 8.43. The van der Waals surface area contributed by atoms with E-state index in [-0.39, 0.29) is 5.56 Å². The Morgan fingerprint density at radius 3 is 2.69 bits per heavy atom. The second-order valence-electron chi connectivity index (χ2n) is 2.05. The molecule has 13 heavy (non-hydrogen) atoms. The lowest BCUT2D eigenvalue weighted by Crippen LogP contribution is -1.96. The van der Waals surface area contributed by atoms with Gasteiger partial charge in [-0.05, 0) is 22.0 Å². The van der Waals surface area contributed by atoms with Crippen molar-refractivity contribution in [1.29, 1.82) is 5.26 Å². The molecular formula is C6H2BrFN2O2S. The SMILES string of the molecule is N#Cc1cc(S(=O)(=O)F)ncc1Br. The zero-order valence-electron chi connectivity index (χ0n) is 6.03. The van der Waals surface area contributed by atoms with Gasteiger partial charge in [-0.1, -0.05) is 3.89 Å². The van der Waals surface area contributed by atoms with Gasteiger partial charge in [0.2, 0.25) is 0 Å². The van der Waals surface area contributed by atoms with Crippen LogP contribution in [0.5, 0.6) is 0 Å². The molecule has 0 spiro atoms. The molecule has 1 rings (SSSR count). The lowest BCUT2D eigenvalue weighted by Gasteiger charge is -1.96. The second-order valence-corrected chi connectivity index (χ2v) is 4.20. The molecule has 0 saturated heterocycles. The maximum Gasteiger partial charge on any atom is 0.349 e. The van der Waals surface area contributed by atoms with Crippen molar-refractivity contribution in [3.8, 4) is 6.07 Å². The van der Waals surface area contributed by atoms with Crippen LogP contribution < -0.4 is 0 Å². The topological polar surface area (TPSA) is 70.8 Å². The summed E-state index contributed by atoms with van der Waals surface area (Å²) < 4.78 is 33.4. The molecule has 0 aromatic carbocycles. The monoisotopic (exact) mass is 264 g/mol. The standard InChI is InChI=1S/C6H2BrFN2O2S/c7-5-3-10-6(13(8,11)12)1-4(5)2-9/h1,3H. The predicted octanol–water partition coefficient (Wildman–Crippen LogP) is 1.37. The van der Waals surface area contributed by atoms with Gasteiger partial charge in [-0.25, -0.2) is 4.98 Å². The van der Waals surface area contributed by atoms with E-state index in [1.54, 1.807) is 6.07 Å². The third kappa shape index (κ3) is 2.23. The number of nitrogens with zero attached hydrogens (tertiary/aromatic N) is 2. The van der Waals surface area contributed by atoms with E-state index >= 15 is 0 Å². The molecule has 0 unspecified atom stereocenters. The third-order valence-corrected chi connectivity index (χ3v) is 2.56. The second kappa shape index (κ2) is 3.40. The van der Waals surface area contributed by atoms with Crippen molar-refractivity contribution in [3.63, 3.8) is 0 Å². The van der Waals surface area contributed by atoms with E-state index in [9.17, 15) is 12.3 Å². The average molecular weight is 265 g/mol. The van der Waals surface area contributed by atoms with Gasteiger partial charge < -0.3 is 0 Å². The van der Waals surface area contributed by atoms with Gasteiger partial charge >= 0.3 is 10.2 Å². The highest BCUT2D eigenvalue weighted by Crippen LogP contribution is 2.18. The molecule has 1 aromatic heterocycles. The molecule has 0 N–H and O–H groups in total. The van der Waals surface area contributed by atoms with E-state index in [4.69, 9.17) is 5.26 Å². The van der Waals surface area contributed by atoms with Gasteiger partial charge in [0, 0.05) is 6.20 Å². The highest BCUT2D eigenvalue weighted by Gasteiger charge is 2.15. The van der Waals surface area contributed by atoms with Crippen LogP contribution in [0.25, 0.3) is 0 Å². The van der Waals surface area contributed by atoms with Crippen LogP contribution in [0.2, 0.25) is 0 Å². The van der Waals surface area contributed by atoms with Gasteiger partial charge in [0.15, 0.2) is 5.03 Å². The Morgan fingerprint density at radius 1 is 1.62 bits per heavy atom. The molecular weight excluding hydrogens is 263 g/mol. The summed E-state index contributed by atoms with van der Waals surface area (Å²) in [6, 6.07) is 2.55. The Hall–Kier alpha value is -1.00. The fourth-order valence-electron chi connectivity index (χ4n) is 0.639. The molecule has 0 aliphatic carbocycles. The lowest BCUT2D eigenvalue weighted by atomic mass is 10.3. The summed E-state index contributed by atoms with van der Waals surface area (Å²) in [5, 5.41) is 7.73. The van der Waals surface area contributed by atoms with Gasteiger partial charge in [-0.3, -0.25) is 0 Å². The van der Waals surface area contributed by atoms with Crippen LogP contribution in [-0.2, 0) is 10.2 Å². The van der Waals surface area contributed by atoms with Gasteiger partial charge in [0.1, 0.15) is 6.07 Å². The lowest BCUT2D eigenvalue weighted by molar-refractivity contribution is 0.547. The third-order valence-electron chi connectivity index (χ3n) is 1.20. The van der Waals surface area contributed by atoms with Crippen LogP contribution in [-0.4, -0.2) is 13.4 Å². The first-order chi connectivity index (χ1) is 5.95. The molecule has 1 heterocycles. The van der Waals surface area contributed by atoms with E-state index in [0.717, 1.165) is 12.3 Å². The fourth-order valence-corrected chi connectivity index (χ4v) is 1.38. The molecule has 1 aromatic rings. The Bertz CT molecular complexity index is 480. The van der Waals surface area contributed by atoms with Crippen LogP contribution in [0, 0.1) is 11.3 Å². The summed E-state index contributed by atoms with van der Waals surface area (Å²) in [6.45, 7) is 0. The Balaban J connectivity index is 3.41. The number of nitriles is 1. The van der Waals surface area contributed by atoms with Crippen LogP contribution in [0.3, 0.4) is 0 Å². The molecule has 68 valence electrons. The summed E-state index contributed by atoms with van der Waals surface area (Å²) in [7, 11) is -4.84. The Kier molecular flexibility index (Phi) is 2.63. The maximum absolute atomic E-state index is 12.4. The Labute approximate surface area is 82.4 Å². The van der Waals surface area contributed by atoms with Crippen molar-refractivity contribution in [1.82, 2.24) is 4.98 Å². The first-order valence-electron chi connectivity index (χ1n) is 2.95. The van der Waals surface area contributed by atoms with Crippen LogP contribution in [0.1, 0.15) is 5.56 Å². The van der Waals surface area contributed by atoms with Crippen LogP contribution >= 0.6 is 15.9 Å². The summed E-state index contributed by atoms with van der Waals surface area (Å²) >= 11 is 2.96. The van der Waals surface area contributed by atoms with E-state index < -0.39 is 15.2 Å².